The van der Waals surface area contributed by atoms with Gasteiger partial charge in [0.25, 0.3) is 5.91 Å². The van der Waals surface area contributed by atoms with Crippen LogP contribution in [-0.4, -0.2) is 19.0 Å². The molecule has 4 nitrogen and oxygen atoms in total. The molecule has 114 valence electrons. The molecule has 0 unspecified atom stereocenters. The molecule has 2 fully saturated rings. The van der Waals surface area contributed by atoms with Gasteiger partial charge in [-0.3, -0.25) is 4.79 Å². The highest BCUT2D eigenvalue weighted by molar-refractivity contribution is 5.99. The molecule has 1 aromatic carbocycles. The third kappa shape index (κ3) is 2.57. The van der Waals surface area contributed by atoms with E-state index in [1.165, 1.54) is 37.8 Å². The van der Waals surface area contributed by atoms with Gasteiger partial charge in [-0.15, -0.1) is 0 Å². The molecule has 5 heteroatoms. The molecule has 1 spiro atoms. The van der Waals surface area contributed by atoms with Crippen molar-refractivity contribution in [1.29, 1.82) is 0 Å². The summed E-state index contributed by atoms with van der Waals surface area (Å²) in [4.78, 5) is 13.4. The first-order valence-electron chi connectivity index (χ1n) is 7.65. The standard InChI is InChI=1S/C16H22FN3O/c17-12-10-13(18)11(15(19)21)9-14(12)20-7-5-16(6-8-20)3-1-2-4-16/h9-10H,1-8,18H2,(H2,19,21). The summed E-state index contributed by atoms with van der Waals surface area (Å²) in [5.74, 6) is -0.988. The monoisotopic (exact) mass is 291 g/mol. The molecule has 0 bridgehead atoms. The second-order valence-corrected chi connectivity index (χ2v) is 6.45. The minimum atomic E-state index is -0.613. The van der Waals surface area contributed by atoms with Crippen molar-refractivity contribution >= 4 is 17.3 Å². The zero-order chi connectivity index (χ0) is 15.0. The average Bonchev–Trinajstić information content (AvgIpc) is 2.88. The first-order valence-corrected chi connectivity index (χ1v) is 7.65. The van der Waals surface area contributed by atoms with Crippen molar-refractivity contribution in [2.24, 2.45) is 11.1 Å². The van der Waals surface area contributed by atoms with Gasteiger partial charge >= 0.3 is 0 Å². The molecule has 3 rings (SSSR count). The Morgan fingerprint density at radius 1 is 1.14 bits per heavy atom. The Morgan fingerprint density at radius 3 is 2.33 bits per heavy atom. The predicted octanol–water partition coefficient (Wildman–Crippen LogP) is 2.67. The van der Waals surface area contributed by atoms with Gasteiger partial charge < -0.3 is 16.4 Å². The lowest BCUT2D eigenvalue weighted by Crippen LogP contribution is -2.39. The zero-order valence-electron chi connectivity index (χ0n) is 12.2. The Morgan fingerprint density at radius 2 is 1.76 bits per heavy atom. The maximum atomic E-state index is 14.2. The van der Waals surface area contributed by atoms with Crippen molar-refractivity contribution in [2.75, 3.05) is 23.7 Å². The molecular formula is C16H22FN3O. The van der Waals surface area contributed by atoms with Crippen LogP contribution in [0.4, 0.5) is 15.8 Å². The Balaban J connectivity index is 1.81. The largest absolute Gasteiger partial charge is 0.398 e. The van der Waals surface area contributed by atoms with Gasteiger partial charge in [-0.1, -0.05) is 12.8 Å². The highest BCUT2D eigenvalue weighted by Crippen LogP contribution is 2.46. The Kier molecular flexibility index (Phi) is 3.51. The zero-order valence-corrected chi connectivity index (χ0v) is 12.2. The lowest BCUT2D eigenvalue weighted by atomic mass is 9.77. The van der Waals surface area contributed by atoms with Gasteiger partial charge in [0.1, 0.15) is 5.82 Å². The van der Waals surface area contributed by atoms with Gasteiger partial charge in [-0.25, -0.2) is 4.39 Å². The van der Waals surface area contributed by atoms with E-state index in [1.54, 1.807) is 0 Å². The van der Waals surface area contributed by atoms with E-state index in [-0.39, 0.29) is 17.1 Å². The van der Waals surface area contributed by atoms with Crippen LogP contribution < -0.4 is 16.4 Å². The average molecular weight is 291 g/mol. The van der Waals surface area contributed by atoms with Crippen LogP contribution >= 0.6 is 0 Å². The van der Waals surface area contributed by atoms with E-state index >= 15 is 0 Å². The maximum Gasteiger partial charge on any atom is 0.250 e. The minimum absolute atomic E-state index is 0.105. The fourth-order valence-corrected chi connectivity index (χ4v) is 3.88. The van der Waals surface area contributed by atoms with E-state index in [4.69, 9.17) is 11.5 Å². The maximum absolute atomic E-state index is 14.2. The number of hydrogen-bond donors (Lipinski definition) is 2. The van der Waals surface area contributed by atoms with Crippen molar-refractivity contribution in [3.05, 3.63) is 23.5 Å². The number of nitrogens with zero attached hydrogens (tertiary/aromatic N) is 1. The first-order chi connectivity index (χ1) is 10.0. The summed E-state index contributed by atoms with van der Waals surface area (Å²) in [5, 5.41) is 0. The summed E-state index contributed by atoms with van der Waals surface area (Å²) in [5.41, 5.74) is 12.2. The van der Waals surface area contributed by atoms with Crippen LogP contribution in [0.2, 0.25) is 0 Å². The van der Waals surface area contributed by atoms with Crippen LogP contribution in [0.1, 0.15) is 48.9 Å². The smallest absolute Gasteiger partial charge is 0.250 e. The number of benzene rings is 1. The van der Waals surface area contributed by atoms with E-state index in [2.05, 4.69) is 0 Å². The van der Waals surface area contributed by atoms with E-state index in [9.17, 15) is 9.18 Å². The molecule has 1 heterocycles. The van der Waals surface area contributed by atoms with E-state index in [0.29, 0.717) is 11.1 Å². The number of piperidine rings is 1. The normalized spacial score (nSPS) is 20.9. The van der Waals surface area contributed by atoms with Crippen LogP contribution in [0.3, 0.4) is 0 Å². The molecule has 0 atom stereocenters. The topological polar surface area (TPSA) is 72.4 Å². The van der Waals surface area contributed by atoms with Crippen molar-refractivity contribution < 1.29 is 9.18 Å². The molecule has 2 aliphatic rings. The number of nitrogen functional groups attached to an aromatic ring is 1. The van der Waals surface area contributed by atoms with Crippen LogP contribution in [-0.2, 0) is 0 Å². The molecule has 21 heavy (non-hydrogen) atoms. The van der Waals surface area contributed by atoms with Crippen LogP contribution in [0.5, 0.6) is 0 Å². The number of halogens is 1. The number of amides is 1. The van der Waals surface area contributed by atoms with Gasteiger partial charge in [0, 0.05) is 18.8 Å². The number of carbonyl (C=O) groups excluding carboxylic acids is 1. The third-order valence-electron chi connectivity index (χ3n) is 5.21. The van der Waals surface area contributed by atoms with Gasteiger partial charge in [0.15, 0.2) is 0 Å². The van der Waals surface area contributed by atoms with Gasteiger partial charge in [-0.05, 0) is 43.2 Å². The highest BCUT2D eigenvalue weighted by atomic mass is 19.1. The highest BCUT2D eigenvalue weighted by Gasteiger charge is 2.37. The van der Waals surface area contributed by atoms with Crippen molar-refractivity contribution in [3.8, 4) is 0 Å². The van der Waals surface area contributed by atoms with Crippen molar-refractivity contribution in [3.63, 3.8) is 0 Å². The molecule has 4 N–H and O–H groups in total. The van der Waals surface area contributed by atoms with Crippen molar-refractivity contribution in [1.82, 2.24) is 0 Å². The Bertz CT molecular complexity index is 557. The molecule has 1 amide bonds. The number of hydrogen-bond acceptors (Lipinski definition) is 3. The number of rotatable bonds is 2. The summed E-state index contributed by atoms with van der Waals surface area (Å²) >= 11 is 0. The first kappa shape index (κ1) is 14.2. The SMILES string of the molecule is NC(=O)c1cc(N2CCC3(CCCC3)CC2)c(F)cc1N. The summed E-state index contributed by atoms with van der Waals surface area (Å²) in [7, 11) is 0. The van der Waals surface area contributed by atoms with Crippen LogP contribution in [0, 0.1) is 11.2 Å². The van der Waals surface area contributed by atoms with Crippen LogP contribution in [0.15, 0.2) is 12.1 Å². The number of anilines is 2. The van der Waals surface area contributed by atoms with Gasteiger partial charge in [0.05, 0.1) is 11.3 Å². The lowest BCUT2D eigenvalue weighted by molar-refractivity contribution is 0.100. The number of nitrogens with two attached hydrogens (primary N) is 2. The fourth-order valence-electron chi connectivity index (χ4n) is 3.88. The second-order valence-electron chi connectivity index (χ2n) is 6.45. The summed E-state index contributed by atoms with van der Waals surface area (Å²) in [6.45, 7) is 1.66. The van der Waals surface area contributed by atoms with Gasteiger partial charge in [-0.2, -0.15) is 0 Å². The molecular weight excluding hydrogens is 269 g/mol. The van der Waals surface area contributed by atoms with E-state index in [0.717, 1.165) is 25.9 Å². The second kappa shape index (κ2) is 5.20. The van der Waals surface area contributed by atoms with E-state index < -0.39 is 5.91 Å². The molecule has 1 aliphatic heterocycles. The predicted molar refractivity (Wildman–Crippen MR) is 81.7 cm³/mol. The minimum Gasteiger partial charge on any atom is -0.398 e. The number of primary amides is 1. The summed E-state index contributed by atoms with van der Waals surface area (Å²) in [6, 6.07) is 2.70. The molecule has 1 saturated heterocycles. The number of carbonyl (C=O) groups is 1. The van der Waals surface area contributed by atoms with Crippen molar-refractivity contribution in [2.45, 2.75) is 38.5 Å². The molecule has 1 aromatic rings. The third-order valence-corrected chi connectivity index (χ3v) is 5.21. The summed E-state index contributed by atoms with van der Waals surface area (Å²) in [6.07, 6.45) is 7.45. The molecule has 1 saturated carbocycles. The Hall–Kier alpha value is -1.78. The van der Waals surface area contributed by atoms with Crippen LogP contribution in [0.25, 0.3) is 0 Å². The molecule has 0 radical (unpaired) electrons. The fraction of sp³-hybridized carbons (Fsp3) is 0.562. The van der Waals surface area contributed by atoms with Gasteiger partial charge in [0.2, 0.25) is 0 Å². The Labute approximate surface area is 124 Å². The molecule has 0 aromatic heterocycles. The lowest BCUT2D eigenvalue weighted by Gasteiger charge is -2.40. The summed E-state index contributed by atoms with van der Waals surface area (Å²) < 4.78 is 14.2. The quantitative estimate of drug-likeness (QED) is 0.823. The molecule has 1 aliphatic carbocycles. The van der Waals surface area contributed by atoms with E-state index in [1.807, 2.05) is 4.90 Å².